The van der Waals surface area contributed by atoms with Crippen LogP contribution in [0.2, 0.25) is 0 Å². The number of aryl methyl sites for hydroxylation is 1. The molecule has 1 heterocycles. The van der Waals surface area contributed by atoms with Crippen molar-refractivity contribution in [1.82, 2.24) is 15.0 Å². The molecule has 0 aliphatic carbocycles. The van der Waals surface area contributed by atoms with Crippen molar-refractivity contribution in [3.05, 3.63) is 41.5 Å². The number of ether oxygens (including phenoxy) is 1. The largest absolute Gasteiger partial charge is 0.485 e. The minimum absolute atomic E-state index is 0.114. The number of carbonyl (C=O) groups excluding carboxylic acids is 1. The summed E-state index contributed by atoms with van der Waals surface area (Å²) in [7, 11) is 1.76. The first-order valence-electron chi connectivity index (χ1n) is 7.79. The van der Waals surface area contributed by atoms with E-state index in [0.717, 1.165) is 0 Å². The van der Waals surface area contributed by atoms with Crippen molar-refractivity contribution >= 4 is 5.91 Å². The summed E-state index contributed by atoms with van der Waals surface area (Å²) in [5.41, 5.74) is 6.10. The summed E-state index contributed by atoms with van der Waals surface area (Å²) >= 11 is 0. The van der Waals surface area contributed by atoms with E-state index in [1.807, 2.05) is 19.9 Å². The number of hydrogen-bond acceptors (Lipinski definition) is 6. The third-order valence-electron chi connectivity index (χ3n) is 3.61. The molecule has 2 N–H and O–H groups in total. The van der Waals surface area contributed by atoms with E-state index >= 15 is 0 Å². The summed E-state index contributed by atoms with van der Waals surface area (Å²) in [6.07, 6.45) is 0. The van der Waals surface area contributed by atoms with Crippen molar-refractivity contribution in [2.45, 2.75) is 27.4 Å². The molecule has 0 aliphatic rings. The molecule has 130 valence electrons. The van der Waals surface area contributed by atoms with E-state index in [4.69, 9.17) is 15.0 Å². The monoisotopic (exact) mass is 332 g/mol. The van der Waals surface area contributed by atoms with Crippen LogP contribution in [-0.2, 0) is 6.61 Å². The predicted molar refractivity (Wildman–Crippen MR) is 89.6 cm³/mol. The number of carbonyl (C=O) groups is 1. The fraction of sp³-hybridized carbons (Fsp3) is 0.471. The second-order valence-electron chi connectivity index (χ2n) is 6.54. The summed E-state index contributed by atoms with van der Waals surface area (Å²) in [4.78, 5) is 18.5. The number of benzene rings is 1. The molecule has 0 atom stereocenters. The quantitative estimate of drug-likeness (QED) is 0.833. The van der Waals surface area contributed by atoms with Gasteiger partial charge in [0.1, 0.15) is 5.75 Å². The Morgan fingerprint density at radius 3 is 2.71 bits per heavy atom. The molecule has 0 radical (unpaired) electrons. The molecule has 0 fully saturated rings. The molecule has 7 nitrogen and oxygen atoms in total. The van der Waals surface area contributed by atoms with E-state index in [-0.39, 0.29) is 17.9 Å². The van der Waals surface area contributed by atoms with Crippen LogP contribution in [0.1, 0.15) is 35.9 Å². The van der Waals surface area contributed by atoms with Crippen LogP contribution < -0.4 is 10.5 Å². The molecule has 0 spiro atoms. The van der Waals surface area contributed by atoms with Crippen molar-refractivity contribution in [1.29, 1.82) is 0 Å². The Morgan fingerprint density at radius 2 is 2.08 bits per heavy atom. The summed E-state index contributed by atoms with van der Waals surface area (Å²) in [5.74, 6) is 1.29. The van der Waals surface area contributed by atoms with Crippen molar-refractivity contribution in [3.8, 4) is 5.75 Å². The third kappa shape index (κ3) is 4.55. The lowest BCUT2D eigenvalue weighted by atomic mass is 9.93. The standard InChI is InChI=1S/C17H24N4O3/c1-12-19-15(20-24-12)9-23-14-8-6-5-7-13(14)16(22)21(4)11-17(2,3)10-18/h5-8H,9-11,18H2,1-4H3. The molecule has 0 bridgehead atoms. The van der Waals surface area contributed by atoms with E-state index < -0.39 is 0 Å². The van der Waals surface area contributed by atoms with Crippen molar-refractivity contribution < 1.29 is 14.1 Å². The Kier molecular flexibility index (Phi) is 5.56. The zero-order chi connectivity index (χ0) is 17.7. The highest BCUT2D eigenvalue weighted by atomic mass is 16.5. The Hall–Kier alpha value is -2.41. The van der Waals surface area contributed by atoms with Crippen molar-refractivity contribution in [2.24, 2.45) is 11.1 Å². The van der Waals surface area contributed by atoms with Crippen LogP contribution in [0.25, 0.3) is 0 Å². The van der Waals surface area contributed by atoms with Crippen LogP contribution in [0.3, 0.4) is 0 Å². The first-order chi connectivity index (χ1) is 11.3. The molecular weight excluding hydrogens is 308 g/mol. The maximum Gasteiger partial charge on any atom is 0.257 e. The first kappa shape index (κ1) is 17.9. The van der Waals surface area contributed by atoms with Gasteiger partial charge in [-0.15, -0.1) is 0 Å². The number of nitrogens with two attached hydrogens (primary N) is 1. The van der Waals surface area contributed by atoms with Gasteiger partial charge in [-0.25, -0.2) is 0 Å². The van der Waals surface area contributed by atoms with Crippen LogP contribution in [-0.4, -0.2) is 41.1 Å². The first-order valence-corrected chi connectivity index (χ1v) is 7.79. The molecule has 0 saturated heterocycles. The third-order valence-corrected chi connectivity index (χ3v) is 3.61. The van der Waals surface area contributed by atoms with Crippen LogP contribution >= 0.6 is 0 Å². The average molecular weight is 332 g/mol. The van der Waals surface area contributed by atoms with Crippen molar-refractivity contribution in [3.63, 3.8) is 0 Å². The zero-order valence-corrected chi connectivity index (χ0v) is 14.6. The maximum absolute atomic E-state index is 12.7. The number of aromatic nitrogens is 2. The van der Waals surface area contributed by atoms with Gasteiger partial charge in [0.25, 0.3) is 5.91 Å². The van der Waals surface area contributed by atoms with Crippen LogP contribution in [0.4, 0.5) is 0 Å². The molecule has 1 aromatic heterocycles. The highest BCUT2D eigenvalue weighted by molar-refractivity contribution is 5.96. The van der Waals surface area contributed by atoms with Gasteiger partial charge in [0.05, 0.1) is 5.56 Å². The Labute approximate surface area is 141 Å². The molecular formula is C17H24N4O3. The number of rotatable bonds is 7. The molecule has 1 aromatic carbocycles. The van der Waals surface area contributed by atoms with Gasteiger partial charge in [-0.05, 0) is 24.1 Å². The summed E-state index contributed by atoms with van der Waals surface area (Å²) < 4.78 is 10.6. The smallest absolute Gasteiger partial charge is 0.257 e. The van der Waals surface area contributed by atoms with Gasteiger partial charge in [-0.2, -0.15) is 4.98 Å². The van der Waals surface area contributed by atoms with E-state index in [9.17, 15) is 4.79 Å². The van der Waals surface area contributed by atoms with Crippen LogP contribution in [0, 0.1) is 12.3 Å². The van der Waals surface area contributed by atoms with E-state index in [2.05, 4.69) is 10.1 Å². The zero-order valence-electron chi connectivity index (χ0n) is 14.6. The highest BCUT2D eigenvalue weighted by Crippen LogP contribution is 2.22. The van der Waals surface area contributed by atoms with Gasteiger partial charge in [0, 0.05) is 20.5 Å². The van der Waals surface area contributed by atoms with Crippen molar-refractivity contribution in [2.75, 3.05) is 20.1 Å². The molecule has 2 aromatic rings. The van der Waals surface area contributed by atoms with Gasteiger partial charge >= 0.3 is 0 Å². The number of amides is 1. The predicted octanol–water partition coefficient (Wildman–Crippen LogP) is 2.01. The second kappa shape index (κ2) is 7.44. The summed E-state index contributed by atoms with van der Waals surface area (Å²) in [5, 5.41) is 3.78. The summed E-state index contributed by atoms with van der Waals surface area (Å²) in [6.45, 7) is 6.96. The number of para-hydroxylation sites is 1. The van der Waals surface area contributed by atoms with Gasteiger partial charge in [0.15, 0.2) is 6.61 Å². The molecule has 24 heavy (non-hydrogen) atoms. The SMILES string of the molecule is Cc1nc(COc2ccccc2C(=O)N(C)CC(C)(C)CN)no1. The van der Waals surface area contributed by atoms with Gasteiger partial charge < -0.3 is 19.9 Å². The van der Waals surface area contributed by atoms with Crippen LogP contribution in [0.5, 0.6) is 5.75 Å². The fourth-order valence-corrected chi connectivity index (χ4v) is 2.30. The van der Waals surface area contributed by atoms with E-state index in [1.54, 1.807) is 37.1 Å². The molecule has 0 aliphatic heterocycles. The average Bonchev–Trinajstić information content (AvgIpc) is 2.97. The van der Waals surface area contributed by atoms with E-state index in [1.165, 1.54) is 0 Å². The lowest BCUT2D eigenvalue weighted by molar-refractivity contribution is 0.0735. The molecule has 1 amide bonds. The minimum Gasteiger partial charge on any atom is -0.485 e. The maximum atomic E-state index is 12.7. The minimum atomic E-state index is -0.150. The van der Waals surface area contributed by atoms with E-state index in [0.29, 0.717) is 36.1 Å². The van der Waals surface area contributed by atoms with Gasteiger partial charge in [-0.3, -0.25) is 4.79 Å². The topological polar surface area (TPSA) is 94.5 Å². The van der Waals surface area contributed by atoms with Gasteiger partial charge in [-0.1, -0.05) is 31.1 Å². The molecule has 2 rings (SSSR count). The Bertz CT molecular complexity index is 697. The highest BCUT2D eigenvalue weighted by Gasteiger charge is 2.23. The second-order valence-corrected chi connectivity index (χ2v) is 6.54. The molecule has 0 unspecified atom stereocenters. The van der Waals surface area contributed by atoms with Crippen LogP contribution in [0.15, 0.2) is 28.8 Å². The van der Waals surface area contributed by atoms with Gasteiger partial charge in [0.2, 0.25) is 11.7 Å². The number of nitrogens with zero attached hydrogens (tertiary/aromatic N) is 3. The summed E-state index contributed by atoms with van der Waals surface area (Å²) in [6, 6.07) is 7.12. The fourth-order valence-electron chi connectivity index (χ4n) is 2.30. The lowest BCUT2D eigenvalue weighted by Crippen LogP contribution is -2.39. The Balaban J connectivity index is 2.11. The molecule has 7 heteroatoms. The normalized spacial score (nSPS) is 11.4. The number of hydrogen-bond donors (Lipinski definition) is 1. The molecule has 0 saturated carbocycles. The Morgan fingerprint density at radius 1 is 1.38 bits per heavy atom. The lowest BCUT2D eigenvalue weighted by Gasteiger charge is -2.29.